The summed E-state index contributed by atoms with van der Waals surface area (Å²) in [5.41, 5.74) is 2.74. The number of alkyl halides is 3. The Kier molecular flexibility index (Phi) is 6.13. The maximum Gasteiger partial charge on any atom is 0.573 e. The highest BCUT2D eigenvalue weighted by atomic mass is 32.1. The van der Waals surface area contributed by atoms with Gasteiger partial charge in [0.25, 0.3) is 0 Å². The molecule has 0 aliphatic heterocycles. The highest BCUT2D eigenvalue weighted by Crippen LogP contribution is 2.24. The fourth-order valence-electron chi connectivity index (χ4n) is 2.26. The van der Waals surface area contributed by atoms with Crippen LogP contribution >= 0.6 is 12.2 Å². The molecule has 0 bridgehead atoms. The Morgan fingerprint density at radius 2 is 1.69 bits per heavy atom. The zero-order valence-electron chi connectivity index (χ0n) is 14.8. The molecule has 0 saturated heterocycles. The molecule has 0 saturated carbocycles. The number of hydrogen-bond donors (Lipinski definition) is 2. The van der Waals surface area contributed by atoms with E-state index in [4.69, 9.17) is 12.2 Å². The van der Waals surface area contributed by atoms with E-state index in [9.17, 15) is 13.2 Å². The molecule has 0 amide bonds. The first-order valence-corrected chi connectivity index (χ1v) is 8.44. The van der Waals surface area contributed by atoms with Crippen molar-refractivity contribution in [2.24, 2.45) is 0 Å². The fourth-order valence-corrected chi connectivity index (χ4v) is 2.45. The van der Waals surface area contributed by atoms with E-state index in [-0.39, 0.29) is 17.7 Å². The SMILES string of the molecule is CC(C)(C)c1ccc(NC(=S)NCc2cccc(OC(F)(F)F)c2)cc1. The minimum atomic E-state index is -4.71. The van der Waals surface area contributed by atoms with Crippen LogP contribution in [0.3, 0.4) is 0 Å². The predicted molar refractivity (Wildman–Crippen MR) is 101 cm³/mol. The molecule has 7 heteroatoms. The van der Waals surface area contributed by atoms with Crippen molar-refractivity contribution < 1.29 is 17.9 Å². The van der Waals surface area contributed by atoms with Gasteiger partial charge in [-0.15, -0.1) is 13.2 Å². The number of ether oxygens (including phenoxy) is 1. The Hall–Kier alpha value is -2.28. The minimum absolute atomic E-state index is 0.0702. The molecule has 0 aliphatic carbocycles. The van der Waals surface area contributed by atoms with Crippen molar-refractivity contribution in [3.63, 3.8) is 0 Å². The zero-order chi connectivity index (χ0) is 19.4. The number of nitrogens with one attached hydrogen (secondary N) is 2. The summed E-state index contributed by atoms with van der Waals surface area (Å²) in [4.78, 5) is 0. The van der Waals surface area contributed by atoms with Gasteiger partial charge < -0.3 is 15.4 Å². The Bertz CT molecular complexity index is 753. The van der Waals surface area contributed by atoms with Crippen LogP contribution < -0.4 is 15.4 Å². The highest BCUT2D eigenvalue weighted by molar-refractivity contribution is 7.80. The van der Waals surface area contributed by atoms with E-state index in [1.807, 2.05) is 24.3 Å². The molecule has 0 radical (unpaired) electrons. The molecule has 2 aromatic rings. The van der Waals surface area contributed by atoms with Gasteiger partial charge in [0.15, 0.2) is 5.11 Å². The van der Waals surface area contributed by atoms with E-state index in [0.717, 1.165) is 5.69 Å². The number of hydrogen-bond acceptors (Lipinski definition) is 2. The summed E-state index contributed by atoms with van der Waals surface area (Å²) in [6.45, 7) is 6.69. The van der Waals surface area contributed by atoms with Gasteiger partial charge >= 0.3 is 6.36 Å². The van der Waals surface area contributed by atoms with Gasteiger partial charge in [0.05, 0.1) is 0 Å². The first kappa shape index (κ1) is 20.0. The van der Waals surface area contributed by atoms with Gasteiger partial charge in [0.1, 0.15) is 5.75 Å². The summed E-state index contributed by atoms with van der Waals surface area (Å²) in [6, 6.07) is 13.7. The van der Waals surface area contributed by atoms with Crippen LogP contribution in [0.1, 0.15) is 31.9 Å². The second kappa shape index (κ2) is 7.95. The van der Waals surface area contributed by atoms with Crippen molar-refractivity contribution in [3.8, 4) is 5.75 Å². The van der Waals surface area contributed by atoms with Crippen LogP contribution in [0.25, 0.3) is 0 Å². The Morgan fingerprint density at radius 3 is 2.27 bits per heavy atom. The monoisotopic (exact) mass is 382 g/mol. The molecular weight excluding hydrogens is 361 g/mol. The van der Waals surface area contributed by atoms with E-state index in [0.29, 0.717) is 10.7 Å². The lowest BCUT2D eigenvalue weighted by Gasteiger charge is -2.19. The highest BCUT2D eigenvalue weighted by Gasteiger charge is 2.31. The molecule has 2 N–H and O–H groups in total. The molecule has 2 rings (SSSR count). The van der Waals surface area contributed by atoms with Gasteiger partial charge in [-0.05, 0) is 53.0 Å². The maximum atomic E-state index is 12.3. The van der Waals surface area contributed by atoms with Gasteiger partial charge in [-0.25, -0.2) is 0 Å². The third-order valence-electron chi connectivity index (χ3n) is 3.59. The Labute approximate surface area is 156 Å². The predicted octanol–water partition coefficient (Wildman–Crippen LogP) is 5.37. The van der Waals surface area contributed by atoms with E-state index >= 15 is 0 Å². The van der Waals surface area contributed by atoms with E-state index in [1.54, 1.807) is 6.07 Å². The molecule has 0 fully saturated rings. The quantitative estimate of drug-likeness (QED) is 0.697. The van der Waals surface area contributed by atoms with Gasteiger partial charge in [-0.1, -0.05) is 45.0 Å². The summed E-state index contributed by atoms with van der Waals surface area (Å²) in [6.07, 6.45) is -4.71. The summed E-state index contributed by atoms with van der Waals surface area (Å²) >= 11 is 5.23. The third-order valence-corrected chi connectivity index (χ3v) is 3.84. The summed E-state index contributed by atoms with van der Waals surface area (Å²) in [5.74, 6) is -0.256. The second-order valence-electron chi connectivity index (χ2n) is 6.83. The van der Waals surface area contributed by atoms with Crippen molar-refractivity contribution in [2.75, 3.05) is 5.32 Å². The molecule has 26 heavy (non-hydrogen) atoms. The average Bonchev–Trinajstić information content (AvgIpc) is 2.51. The van der Waals surface area contributed by atoms with Crippen LogP contribution in [-0.2, 0) is 12.0 Å². The zero-order valence-corrected chi connectivity index (χ0v) is 15.6. The van der Waals surface area contributed by atoms with Gasteiger partial charge in [-0.3, -0.25) is 0 Å². The third kappa shape index (κ3) is 6.55. The molecule has 140 valence electrons. The lowest BCUT2D eigenvalue weighted by molar-refractivity contribution is -0.274. The van der Waals surface area contributed by atoms with Gasteiger partial charge in [0, 0.05) is 12.2 Å². The van der Waals surface area contributed by atoms with Crippen LogP contribution in [-0.4, -0.2) is 11.5 Å². The summed E-state index contributed by atoms with van der Waals surface area (Å²) in [5, 5.41) is 6.40. The number of thiocarbonyl (C=S) groups is 1. The molecule has 0 unspecified atom stereocenters. The fraction of sp³-hybridized carbons (Fsp3) is 0.316. The van der Waals surface area contributed by atoms with Crippen molar-refractivity contribution in [1.82, 2.24) is 5.32 Å². The minimum Gasteiger partial charge on any atom is -0.406 e. The van der Waals surface area contributed by atoms with Crippen LogP contribution in [0, 0.1) is 0 Å². The smallest absolute Gasteiger partial charge is 0.406 e. The maximum absolute atomic E-state index is 12.3. The molecule has 2 aromatic carbocycles. The molecule has 0 aromatic heterocycles. The average molecular weight is 382 g/mol. The first-order valence-electron chi connectivity index (χ1n) is 8.03. The second-order valence-corrected chi connectivity index (χ2v) is 7.24. The number of halogens is 3. The van der Waals surface area contributed by atoms with Crippen molar-refractivity contribution in [1.29, 1.82) is 0 Å². The molecule has 0 atom stereocenters. The van der Waals surface area contributed by atoms with Gasteiger partial charge in [-0.2, -0.15) is 0 Å². The van der Waals surface area contributed by atoms with E-state index < -0.39 is 6.36 Å². The molecular formula is C19H21F3N2OS. The number of rotatable bonds is 4. The lowest BCUT2D eigenvalue weighted by Crippen LogP contribution is -2.28. The molecule has 0 aliphatic rings. The molecule has 0 heterocycles. The normalized spacial score (nSPS) is 11.8. The lowest BCUT2D eigenvalue weighted by atomic mass is 9.87. The Balaban J connectivity index is 1.90. The molecule has 3 nitrogen and oxygen atoms in total. The largest absolute Gasteiger partial charge is 0.573 e. The van der Waals surface area contributed by atoms with Crippen molar-refractivity contribution in [2.45, 2.75) is 39.1 Å². The standard InChI is InChI=1S/C19H21F3N2OS/c1-18(2,3)14-7-9-15(10-8-14)24-17(26)23-12-13-5-4-6-16(11-13)25-19(20,21)22/h4-11H,12H2,1-3H3,(H2,23,24,26). The topological polar surface area (TPSA) is 33.3 Å². The summed E-state index contributed by atoms with van der Waals surface area (Å²) in [7, 11) is 0. The van der Waals surface area contributed by atoms with Crippen molar-refractivity contribution in [3.05, 3.63) is 59.7 Å². The van der Waals surface area contributed by atoms with Crippen LogP contribution in [0.5, 0.6) is 5.75 Å². The van der Waals surface area contributed by atoms with Crippen LogP contribution in [0.2, 0.25) is 0 Å². The first-order chi connectivity index (χ1) is 12.0. The van der Waals surface area contributed by atoms with Crippen LogP contribution in [0.4, 0.5) is 18.9 Å². The summed E-state index contributed by atoms with van der Waals surface area (Å²) < 4.78 is 40.7. The van der Waals surface area contributed by atoms with Crippen LogP contribution in [0.15, 0.2) is 48.5 Å². The van der Waals surface area contributed by atoms with Crippen molar-refractivity contribution >= 4 is 23.0 Å². The Morgan fingerprint density at radius 1 is 1.04 bits per heavy atom. The number of anilines is 1. The van der Waals surface area contributed by atoms with E-state index in [2.05, 4.69) is 36.1 Å². The number of benzene rings is 2. The van der Waals surface area contributed by atoms with E-state index in [1.165, 1.54) is 23.8 Å². The molecule has 0 spiro atoms. The van der Waals surface area contributed by atoms with Gasteiger partial charge in [0.2, 0.25) is 0 Å².